The molecule has 2 fully saturated rings. The molecular formula is C28H32N6O7. The fourth-order valence-corrected chi connectivity index (χ4v) is 5.10. The number of carbonyl (C=O) groups is 2. The van der Waals surface area contributed by atoms with Crippen LogP contribution in [0.3, 0.4) is 0 Å². The number of ether oxygens (including phenoxy) is 1. The van der Waals surface area contributed by atoms with Crippen molar-refractivity contribution in [3.63, 3.8) is 0 Å². The maximum atomic E-state index is 13.7. The summed E-state index contributed by atoms with van der Waals surface area (Å²) in [6, 6.07) is 15.1. The molecule has 0 radical (unpaired) electrons. The lowest BCUT2D eigenvalue weighted by Gasteiger charge is -2.36. The topological polar surface area (TPSA) is 170 Å². The maximum Gasteiger partial charge on any atom is 0.330 e. The first-order valence-electron chi connectivity index (χ1n) is 13.4. The molecule has 4 heterocycles. The number of aliphatic hydroxyl groups excluding tert-OH is 2. The van der Waals surface area contributed by atoms with Crippen LogP contribution in [0.25, 0.3) is 0 Å². The molecule has 13 nitrogen and oxygen atoms in total. The highest BCUT2D eigenvalue weighted by Gasteiger charge is 2.48. The molecule has 2 aliphatic rings. The average molecular weight is 565 g/mol. The Morgan fingerprint density at radius 1 is 1.00 bits per heavy atom. The number of pyridine rings is 1. The van der Waals surface area contributed by atoms with Gasteiger partial charge in [-0.3, -0.25) is 33.8 Å². The molecule has 3 aromatic rings. The Labute approximate surface area is 235 Å². The summed E-state index contributed by atoms with van der Waals surface area (Å²) in [6.45, 7) is 2.88. The van der Waals surface area contributed by atoms with Crippen molar-refractivity contribution in [1.82, 2.24) is 29.7 Å². The summed E-state index contributed by atoms with van der Waals surface area (Å²) >= 11 is 0. The summed E-state index contributed by atoms with van der Waals surface area (Å²) in [6.07, 6.45) is -3.23. The Kier molecular flexibility index (Phi) is 8.69. The van der Waals surface area contributed by atoms with Gasteiger partial charge < -0.3 is 25.2 Å². The number of nitrogens with one attached hydrogen (secondary N) is 2. The molecule has 2 aliphatic heterocycles. The first kappa shape index (κ1) is 28.4. The quantitative estimate of drug-likeness (QED) is 0.258. The van der Waals surface area contributed by atoms with E-state index in [0.29, 0.717) is 32.7 Å². The predicted molar refractivity (Wildman–Crippen MR) is 145 cm³/mol. The molecule has 0 saturated carbocycles. The Bertz CT molecular complexity index is 1460. The number of hydrogen-bond donors (Lipinski definition) is 4. The Morgan fingerprint density at radius 2 is 1.73 bits per heavy atom. The van der Waals surface area contributed by atoms with Crippen LogP contribution in [0, 0.1) is 0 Å². The van der Waals surface area contributed by atoms with E-state index in [1.165, 1.54) is 0 Å². The minimum absolute atomic E-state index is 0.202. The van der Waals surface area contributed by atoms with E-state index < -0.39 is 47.7 Å². The minimum Gasteiger partial charge on any atom is -0.387 e. The fourth-order valence-electron chi connectivity index (χ4n) is 5.10. The van der Waals surface area contributed by atoms with E-state index in [2.05, 4.69) is 15.2 Å². The Morgan fingerprint density at radius 3 is 2.41 bits per heavy atom. The van der Waals surface area contributed by atoms with Gasteiger partial charge in [-0.25, -0.2) is 4.79 Å². The summed E-state index contributed by atoms with van der Waals surface area (Å²) in [5.74, 6) is -1.08. The number of amides is 2. The second kappa shape index (κ2) is 12.6. The standard InChI is InChI=1S/C28H32N6O7/c35-21-9-11-34(28(40)31-21)27-23(37)22(36)24(41-27)25(38)30-20(16-18-6-2-1-3-7-18)26(39)33-14-12-32(13-15-33)17-19-8-4-5-10-29-19/h1-11,20,22-24,27,36-37H,12-17H2,(H,30,38)(H,31,35,40)/t20-,22+,23-,24+,27-/m1/s1. The zero-order valence-corrected chi connectivity index (χ0v) is 22.2. The molecule has 5 rings (SSSR count). The lowest BCUT2D eigenvalue weighted by molar-refractivity contribution is -0.144. The van der Waals surface area contributed by atoms with E-state index in [1.54, 1.807) is 11.1 Å². The first-order valence-corrected chi connectivity index (χ1v) is 13.4. The van der Waals surface area contributed by atoms with E-state index in [0.717, 1.165) is 28.1 Å². The normalized spacial score (nSPS) is 23.7. The fraction of sp³-hybridized carbons (Fsp3) is 0.393. The summed E-state index contributed by atoms with van der Waals surface area (Å²) in [5.41, 5.74) is 0.259. The molecule has 0 bridgehead atoms. The van der Waals surface area contributed by atoms with Gasteiger partial charge in [0.15, 0.2) is 12.3 Å². The Hall–Kier alpha value is -4.17. The van der Waals surface area contributed by atoms with Crippen LogP contribution >= 0.6 is 0 Å². The van der Waals surface area contributed by atoms with Crippen LogP contribution in [0.15, 0.2) is 76.6 Å². The maximum absolute atomic E-state index is 13.7. The van der Waals surface area contributed by atoms with Gasteiger partial charge in [0.05, 0.1) is 5.69 Å². The number of carbonyl (C=O) groups excluding carboxylic acids is 2. The third kappa shape index (κ3) is 6.60. The average Bonchev–Trinajstić information content (AvgIpc) is 3.27. The molecule has 0 spiro atoms. The van der Waals surface area contributed by atoms with Gasteiger partial charge in [0.25, 0.3) is 11.5 Å². The molecule has 5 atom stereocenters. The zero-order chi connectivity index (χ0) is 28.9. The van der Waals surface area contributed by atoms with Crippen molar-refractivity contribution < 1.29 is 24.5 Å². The molecule has 41 heavy (non-hydrogen) atoms. The monoisotopic (exact) mass is 564 g/mol. The number of benzene rings is 1. The summed E-state index contributed by atoms with van der Waals surface area (Å²) in [5, 5.41) is 23.9. The SMILES string of the molecule is O=C(N[C@H](Cc1ccccc1)C(=O)N1CCN(Cc2ccccn2)CC1)[C@H]1O[C@@H](n2ccc(=O)[nH]c2=O)[C@H](O)[C@@H]1O. The van der Waals surface area contributed by atoms with Gasteiger partial charge in [-0.15, -0.1) is 0 Å². The number of piperazine rings is 1. The van der Waals surface area contributed by atoms with Gasteiger partial charge in [-0.2, -0.15) is 0 Å². The second-order valence-electron chi connectivity index (χ2n) is 10.1. The number of H-pyrrole nitrogens is 1. The highest BCUT2D eigenvalue weighted by Crippen LogP contribution is 2.28. The third-order valence-corrected chi connectivity index (χ3v) is 7.31. The van der Waals surface area contributed by atoms with E-state index in [9.17, 15) is 29.4 Å². The van der Waals surface area contributed by atoms with Crippen LogP contribution in [0.5, 0.6) is 0 Å². The number of aliphatic hydroxyl groups is 2. The number of nitrogens with zero attached hydrogens (tertiary/aromatic N) is 4. The van der Waals surface area contributed by atoms with Gasteiger partial charge in [0.2, 0.25) is 5.91 Å². The number of rotatable bonds is 8. The largest absolute Gasteiger partial charge is 0.387 e. The molecule has 216 valence electrons. The summed E-state index contributed by atoms with van der Waals surface area (Å²) < 4.78 is 6.48. The molecule has 2 amide bonds. The number of hydrogen-bond acceptors (Lipinski definition) is 9. The van der Waals surface area contributed by atoms with Crippen LogP contribution in [-0.4, -0.2) is 96.9 Å². The Balaban J connectivity index is 1.27. The molecule has 13 heteroatoms. The lowest BCUT2D eigenvalue weighted by Crippen LogP contribution is -2.57. The van der Waals surface area contributed by atoms with Crippen LogP contribution < -0.4 is 16.6 Å². The first-order chi connectivity index (χ1) is 19.8. The van der Waals surface area contributed by atoms with Crippen LogP contribution in [0.1, 0.15) is 17.5 Å². The number of aromatic amines is 1. The molecule has 2 aromatic heterocycles. The van der Waals surface area contributed by atoms with Gasteiger partial charge in [-0.1, -0.05) is 36.4 Å². The predicted octanol–water partition coefficient (Wildman–Crippen LogP) is -1.38. The molecule has 4 N–H and O–H groups in total. The van der Waals surface area contributed by atoms with Crippen molar-refractivity contribution in [1.29, 1.82) is 0 Å². The zero-order valence-electron chi connectivity index (χ0n) is 22.2. The van der Waals surface area contributed by atoms with E-state index in [4.69, 9.17) is 4.74 Å². The highest BCUT2D eigenvalue weighted by molar-refractivity contribution is 5.90. The summed E-state index contributed by atoms with van der Waals surface area (Å²) in [4.78, 5) is 60.9. The van der Waals surface area contributed by atoms with Crippen LogP contribution in [-0.2, 0) is 27.3 Å². The second-order valence-corrected chi connectivity index (χ2v) is 10.1. The molecule has 1 aromatic carbocycles. The molecular weight excluding hydrogens is 532 g/mol. The van der Waals surface area contributed by atoms with Crippen molar-refractivity contribution in [2.24, 2.45) is 0 Å². The van der Waals surface area contributed by atoms with Crippen LogP contribution in [0.2, 0.25) is 0 Å². The highest BCUT2D eigenvalue weighted by atomic mass is 16.6. The van der Waals surface area contributed by atoms with Gasteiger partial charge in [0, 0.05) is 57.6 Å². The molecule has 0 unspecified atom stereocenters. The van der Waals surface area contributed by atoms with Gasteiger partial charge >= 0.3 is 5.69 Å². The lowest BCUT2D eigenvalue weighted by atomic mass is 10.0. The minimum atomic E-state index is -1.68. The summed E-state index contributed by atoms with van der Waals surface area (Å²) in [7, 11) is 0. The number of aromatic nitrogens is 3. The smallest absolute Gasteiger partial charge is 0.330 e. The van der Waals surface area contributed by atoms with E-state index >= 15 is 0 Å². The van der Waals surface area contributed by atoms with Crippen molar-refractivity contribution in [3.05, 3.63) is 99.1 Å². The van der Waals surface area contributed by atoms with E-state index in [1.807, 2.05) is 53.5 Å². The van der Waals surface area contributed by atoms with Crippen molar-refractivity contribution in [2.45, 2.75) is 43.5 Å². The van der Waals surface area contributed by atoms with Crippen molar-refractivity contribution >= 4 is 11.8 Å². The van der Waals surface area contributed by atoms with Crippen LogP contribution in [0.4, 0.5) is 0 Å². The molecule has 0 aliphatic carbocycles. The molecule has 2 saturated heterocycles. The van der Waals surface area contributed by atoms with Gasteiger partial charge in [-0.05, 0) is 17.7 Å². The van der Waals surface area contributed by atoms with E-state index in [-0.39, 0.29) is 12.3 Å². The van der Waals surface area contributed by atoms with Crippen molar-refractivity contribution in [2.75, 3.05) is 26.2 Å². The third-order valence-electron chi connectivity index (χ3n) is 7.31. The van der Waals surface area contributed by atoms with Gasteiger partial charge in [0.1, 0.15) is 18.2 Å². The van der Waals surface area contributed by atoms with Crippen molar-refractivity contribution in [3.8, 4) is 0 Å².